The van der Waals surface area contributed by atoms with E-state index in [9.17, 15) is 0 Å². The molecule has 3 rings (SSSR count). The summed E-state index contributed by atoms with van der Waals surface area (Å²) in [5.74, 6) is 0.481. The summed E-state index contributed by atoms with van der Waals surface area (Å²) in [6, 6.07) is 14.4. The van der Waals surface area contributed by atoms with Gasteiger partial charge in [0.2, 0.25) is 0 Å². The maximum absolute atomic E-state index is 6.35. The monoisotopic (exact) mass is 277 g/mol. The van der Waals surface area contributed by atoms with Crippen LogP contribution in [0.2, 0.25) is 5.02 Å². The molecule has 0 saturated heterocycles. The van der Waals surface area contributed by atoms with E-state index in [2.05, 4.69) is 29.2 Å². The van der Waals surface area contributed by atoms with Gasteiger partial charge in [-0.2, -0.15) is 0 Å². The topological polar surface area (TPSA) is 3.24 Å². The van der Waals surface area contributed by atoms with Crippen LogP contribution in [0.3, 0.4) is 0 Å². The molecule has 0 fully saturated rings. The molecule has 0 atom stereocenters. The number of anilines is 2. The summed E-state index contributed by atoms with van der Waals surface area (Å²) >= 11 is 12.4. The van der Waals surface area contributed by atoms with Crippen LogP contribution in [-0.4, -0.2) is 6.54 Å². The molecule has 2 aromatic carbocycles. The van der Waals surface area contributed by atoms with Gasteiger partial charge in [0.25, 0.3) is 0 Å². The van der Waals surface area contributed by atoms with Gasteiger partial charge in [0.15, 0.2) is 0 Å². The lowest BCUT2D eigenvalue weighted by Crippen LogP contribution is -2.15. The number of fused-ring (bicyclic) bond motifs is 1. The third-order valence-corrected chi connectivity index (χ3v) is 3.96. The first kappa shape index (κ1) is 11.9. The summed E-state index contributed by atoms with van der Waals surface area (Å²) in [6.07, 6.45) is 1.06. The molecule has 0 saturated carbocycles. The Balaban J connectivity index is 2.13. The molecule has 3 heteroatoms. The number of para-hydroxylation sites is 2. The third kappa shape index (κ3) is 1.88. The molecule has 0 aliphatic carbocycles. The van der Waals surface area contributed by atoms with Crippen molar-refractivity contribution >= 4 is 34.6 Å². The lowest BCUT2D eigenvalue weighted by Gasteiger charge is -2.23. The number of rotatable bonds is 2. The molecule has 0 bridgehead atoms. The van der Waals surface area contributed by atoms with Crippen LogP contribution in [0.25, 0.3) is 0 Å². The van der Waals surface area contributed by atoms with Crippen molar-refractivity contribution in [3.63, 3.8) is 0 Å². The van der Waals surface area contributed by atoms with E-state index in [1.165, 1.54) is 11.3 Å². The number of nitrogens with zero attached hydrogens (tertiary/aromatic N) is 1. The quantitative estimate of drug-likeness (QED) is 0.715. The van der Waals surface area contributed by atoms with Gasteiger partial charge < -0.3 is 4.90 Å². The molecule has 0 amide bonds. The van der Waals surface area contributed by atoms with Gasteiger partial charge in [-0.15, -0.1) is 11.6 Å². The number of alkyl halides is 1. The summed E-state index contributed by atoms with van der Waals surface area (Å²) in [6.45, 7) is 0.965. The van der Waals surface area contributed by atoms with Crippen molar-refractivity contribution in [3.05, 3.63) is 58.6 Å². The number of halogens is 2. The van der Waals surface area contributed by atoms with Gasteiger partial charge in [0.05, 0.1) is 10.7 Å². The molecule has 18 heavy (non-hydrogen) atoms. The van der Waals surface area contributed by atoms with Crippen LogP contribution < -0.4 is 4.90 Å². The molecular weight excluding hydrogens is 265 g/mol. The Morgan fingerprint density at radius 2 is 1.89 bits per heavy atom. The van der Waals surface area contributed by atoms with Gasteiger partial charge in [0, 0.05) is 18.1 Å². The zero-order chi connectivity index (χ0) is 12.5. The average molecular weight is 278 g/mol. The highest BCUT2D eigenvalue weighted by molar-refractivity contribution is 6.34. The Morgan fingerprint density at radius 3 is 2.72 bits per heavy atom. The van der Waals surface area contributed by atoms with Crippen LogP contribution in [0.1, 0.15) is 11.1 Å². The van der Waals surface area contributed by atoms with E-state index in [-0.39, 0.29) is 0 Å². The fourth-order valence-electron chi connectivity index (χ4n) is 2.54. The van der Waals surface area contributed by atoms with Crippen LogP contribution in [0.4, 0.5) is 11.4 Å². The molecule has 0 N–H and O–H groups in total. The van der Waals surface area contributed by atoms with E-state index < -0.39 is 0 Å². The van der Waals surface area contributed by atoms with Gasteiger partial charge in [-0.3, -0.25) is 0 Å². The van der Waals surface area contributed by atoms with E-state index in [1.807, 2.05) is 18.2 Å². The molecule has 1 aliphatic heterocycles. The molecular formula is C15H13Cl2N. The van der Waals surface area contributed by atoms with Crippen molar-refractivity contribution in [2.75, 3.05) is 11.4 Å². The first-order chi connectivity index (χ1) is 8.81. The minimum absolute atomic E-state index is 0.481. The van der Waals surface area contributed by atoms with Crippen LogP contribution in [0.15, 0.2) is 42.5 Å². The van der Waals surface area contributed by atoms with Crippen LogP contribution >= 0.6 is 23.2 Å². The Hall–Kier alpha value is -1.18. The largest absolute Gasteiger partial charge is 0.339 e. The summed E-state index contributed by atoms with van der Waals surface area (Å²) in [7, 11) is 0. The highest BCUT2D eigenvalue weighted by atomic mass is 35.5. The summed E-state index contributed by atoms with van der Waals surface area (Å²) < 4.78 is 0. The highest BCUT2D eigenvalue weighted by Gasteiger charge is 2.23. The van der Waals surface area contributed by atoms with Crippen molar-refractivity contribution in [3.8, 4) is 0 Å². The van der Waals surface area contributed by atoms with E-state index in [0.29, 0.717) is 5.88 Å². The molecule has 0 radical (unpaired) electrons. The summed E-state index contributed by atoms with van der Waals surface area (Å²) in [4.78, 5) is 2.27. The Labute approximate surface area is 117 Å². The van der Waals surface area contributed by atoms with Crippen LogP contribution in [0.5, 0.6) is 0 Å². The predicted octanol–water partition coefficient (Wildman–Crippen LogP) is 4.77. The second-order valence-corrected chi connectivity index (χ2v) is 5.09. The minimum atomic E-state index is 0.481. The molecule has 2 aromatic rings. The first-order valence-corrected chi connectivity index (χ1v) is 6.91. The van der Waals surface area contributed by atoms with E-state index in [4.69, 9.17) is 23.2 Å². The fourth-order valence-corrected chi connectivity index (χ4v) is 3.05. The Morgan fingerprint density at radius 1 is 1.06 bits per heavy atom. The van der Waals surface area contributed by atoms with Gasteiger partial charge in [0.1, 0.15) is 0 Å². The van der Waals surface area contributed by atoms with Crippen molar-refractivity contribution in [1.29, 1.82) is 0 Å². The van der Waals surface area contributed by atoms with E-state index in [0.717, 1.165) is 29.2 Å². The zero-order valence-electron chi connectivity index (χ0n) is 9.87. The Bertz CT molecular complexity index is 580. The first-order valence-electron chi connectivity index (χ1n) is 6.00. The minimum Gasteiger partial charge on any atom is -0.339 e. The van der Waals surface area contributed by atoms with Gasteiger partial charge in [-0.05, 0) is 29.7 Å². The molecule has 0 unspecified atom stereocenters. The average Bonchev–Trinajstić information content (AvgIpc) is 2.82. The van der Waals surface area contributed by atoms with Gasteiger partial charge in [-0.25, -0.2) is 0 Å². The van der Waals surface area contributed by atoms with E-state index in [1.54, 1.807) is 0 Å². The molecule has 0 spiro atoms. The smallest absolute Gasteiger partial charge is 0.0646 e. The van der Waals surface area contributed by atoms with Crippen molar-refractivity contribution in [2.24, 2.45) is 0 Å². The number of hydrogen-bond donors (Lipinski definition) is 0. The summed E-state index contributed by atoms with van der Waals surface area (Å²) in [5, 5.41) is 0.768. The molecule has 1 heterocycles. The standard InChI is InChI=1S/C15H13Cl2N/c16-10-12-5-3-6-13(17)15(12)18-9-8-11-4-1-2-7-14(11)18/h1-7H,8-10H2. The lowest BCUT2D eigenvalue weighted by molar-refractivity contribution is 0.991. The maximum atomic E-state index is 6.35. The Kier molecular flexibility index (Phi) is 3.19. The van der Waals surface area contributed by atoms with Crippen molar-refractivity contribution < 1.29 is 0 Å². The van der Waals surface area contributed by atoms with Crippen LogP contribution in [-0.2, 0) is 12.3 Å². The van der Waals surface area contributed by atoms with Gasteiger partial charge >= 0.3 is 0 Å². The lowest BCUT2D eigenvalue weighted by atomic mass is 10.1. The second-order valence-electron chi connectivity index (χ2n) is 4.41. The normalized spacial score (nSPS) is 13.8. The molecule has 1 nitrogen and oxygen atoms in total. The number of hydrogen-bond acceptors (Lipinski definition) is 1. The van der Waals surface area contributed by atoms with E-state index >= 15 is 0 Å². The van der Waals surface area contributed by atoms with Gasteiger partial charge in [-0.1, -0.05) is 41.9 Å². The summed E-state index contributed by atoms with van der Waals surface area (Å²) in [5.41, 5.74) is 4.76. The fraction of sp³-hybridized carbons (Fsp3) is 0.200. The zero-order valence-corrected chi connectivity index (χ0v) is 11.4. The molecule has 1 aliphatic rings. The third-order valence-electron chi connectivity index (χ3n) is 3.37. The molecule has 92 valence electrons. The van der Waals surface area contributed by atoms with Crippen molar-refractivity contribution in [2.45, 2.75) is 12.3 Å². The second kappa shape index (κ2) is 4.83. The predicted molar refractivity (Wildman–Crippen MR) is 78.2 cm³/mol. The van der Waals surface area contributed by atoms with Crippen molar-refractivity contribution in [1.82, 2.24) is 0 Å². The highest BCUT2D eigenvalue weighted by Crippen LogP contribution is 2.40. The number of benzene rings is 2. The molecule has 0 aromatic heterocycles. The van der Waals surface area contributed by atoms with Crippen LogP contribution in [0, 0.1) is 0 Å². The maximum Gasteiger partial charge on any atom is 0.0646 e. The SMILES string of the molecule is ClCc1cccc(Cl)c1N1CCc2ccccc21.